The minimum absolute atomic E-state index is 0.577. The maximum Gasteiger partial charge on any atom is 0.137 e. The summed E-state index contributed by atoms with van der Waals surface area (Å²) >= 11 is 0. The van der Waals surface area contributed by atoms with Crippen molar-refractivity contribution in [2.45, 2.75) is 6.92 Å². The molecule has 0 atom stereocenters. The van der Waals surface area contributed by atoms with E-state index in [2.05, 4.69) is 11.2 Å². The van der Waals surface area contributed by atoms with Crippen LogP contribution in [0.25, 0.3) is 5.52 Å². The lowest BCUT2D eigenvalue weighted by molar-refractivity contribution is 0.338. The van der Waals surface area contributed by atoms with Crippen LogP contribution in [0, 0.1) is 11.3 Å². The Morgan fingerprint density at radius 2 is 2.43 bits per heavy atom. The highest BCUT2D eigenvalue weighted by Gasteiger charge is 2.03. The third-order valence-corrected chi connectivity index (χ3v) is 1.92. The summed E-state index contributed by atoms with van der Waals surface area (Å²) in [5, 5.41) is 12.8. The summed E-state index contributed by atoms with van der Waals surface area (Å²) in [5.74, 6) is 0.757. The van der Waals surface area contributed by atoms with Gasteiger partial charge in [-0.05, 0) is 19.1 Å². The van der Waals surface area contributed by atoms with Crippen LogP contribution in [0.4, 0.5) is 0 Å². The van der Waals surface area contributed by atoms with Gasteiger partial charge in [-0.3, -0.25) is 0 Å². The maximum absolute atomic E-state index is 8.76. The maximum atomic E-state index is 8.76. The van der Waals surface area contributed by atoms with Crippen LogP contribution in [-0.4, -0.2) is 16.2 Å². The van der Waals surface area contributed by atoms with Crippen LogP contribution >= 0.6 is 0 Å². The minimum Gasteiger partial charge on any atom is -0.492 e. The van der Waals surface area contributed by atoms with Crippen LogP contribution in [0.2, 0.25) is 0 Å². The molecule has 4 heteroatoms. The second kappa shape index (κ2) is 3.38. The van der Waals surface area contributed by atoms with Crippen LogP contribution in [0.5, 0.6) is 5.75 Å². The Morgan fingerprint density at radius 1 is 1.57 bits per heavy atom. The van der Waals surface area contributed by atoms with E-state index in [1.54, 1.807) is 16.9 Å². The minimum atomic E-state index is 0.577. The van der Waals surface area contributed by atoms with E-state index in [1.807, 2.05) is 19.1 Å². The Hall–Kier alpha value is -2.02. The highest BCUT2D eigenvalue weighted by atomic mass is 16.5. The molecular weight excluding hydrogens is 178 g/mol. The second-order valence-corrected chi connectivity index (χ2v) is 2.80. The Balaban J connectivity index is 2.53. The molecular formula is C10H9N3O. The van der Waals surface area contributed by atoms with Gasteiger partial charge in [0.05, 0.1) is 30.1 Å². The molecule has 14 heavy (non-hydrogen) atoms. The zero-order valence-electron chi connectivity index (χ0n) is 7.77. The molecule has 2 aromatic rings. The lowest BCUT2D eigenvalue weighted by atomic mass is 10.3. The fourth-order valence-corrected chi connectivity index (χ4v) is 1.30. The van der Waals surface area contributed by atoms with Crippen LogP contribution < -0.4 is 4.74 Å². The van der Waals surface area contributed by atoms with Gasteiger partial charge in [0.15, 0.2) is 0 Å². The predicted molar refractivity (Wildman–Crippen MR) is 51.1 cm³/mol. The first-order valence-electron chi connectivity index (χ1n) is 4.35. The molecule has 0 unspecified atom stereocenters. The number of fused-ring (bicyclic) bond motifs is 1. The van der Waals surface area contributed by atoms with Gasteiger partial charge in [0, 0.05) is 0 Å². The van der Waals surface area contributed by atoms with Gasteiger partial charge >= 0.3 is 0 Å². The van der Waals surface area contributed by atoms with E-state index in [0.29, 0.717) is 12.2 Å². The van der Waals surface area contributed by atoms with Crippen LogP contribution in [-0.2, 0) is 0 Å². The summed E-state index contributed by atoms with van der Waals surface area (Å²) in [6.45, 7) is 2.55. The number of nitrogens with zero attached hydrogens (tertiary/aromatic N) is 3. The lowest BCUT2D eigenvalue weighted by Gasteiger charge is -2.02. The molecule has 2 aromatic heterocycles. The van der Waals surface area contributed by atoms with Gasteiger partial charge in [-0.15, -0.1) is 0 Å². The molecule has 0 N–H and O–H groups in total. The highest BCUT2D eigenvalue weighted by molar-refractivity contribution is 5.60. The van der Waals surface area contributed by atoms with E-state index >= 15 is 0 Å². The molecule has 0 spiro atoms. The molecule has 2 heterocycles. The zero-order valence-corrected chi connectivity index (χ0v) is 7.77. The molecule has 0 fully saturated rings. The first-order chi connectivity index (χ1) is 6.85. The standard InChI is InChI=1S/C10H9N3O/c1-2-14-9-3-4-10-8(5-11)6-12-13(10)7-9/h3-4,6-7H,2H2,1H3. The van der Waals surface area contributed by atoms with E-state index in [-0.39, 0.29) is 0 Å². The summed E-state index contributed by atoms with van der Waals surface area (Å²) < 4.78 is 6.96. The van der Waals surface area contributed by atoms with Crippen molar-refractivity contribution >= 4 is 5.52 Å². The monoisotopic (exact) mass is 187 g/mol. The molecule has 70 valence electrons. The molecule has 2 rings (SSSR count). The number of hydrogen-bond acceptors (Lipinski definition) is 3. The first-order valence-corrected chi connectivity index (χ1v) is 4.35. The smallest absolute Gasteiger partial charge is 0.137 e. The Bertz CT molecular complexity index is 496. The van der Waals surface area contributed by atoms with E-state index in [0.717, 1.165) is 11.3 Å². The fourth-order valence-electron chi connectivity index (χ4n) is 1.30. The summed E-state index contributed by atoms with van der Waals surface area (Å²) in [6, 6.07) is 5.74. The van der Waals surface area contributed by atoms with Crippen molar-refractivity contribution in [3.8, 4) is 11.8 Å². The molecule has 0 bridgehead atoms. The molecule has 0 aliphatic carbocycles. The van der Waals surface area contributed by atoms with Gasteiger partial charge in [-0.2, -0.15) is 10.4 Å². The number of pyridine rings is 1. The largest absolute Gasteiger partial charge is 0.492 e. The fraction of sp³-hybridized carbons (Fsp3) is 0.200. The third kappa shape index (κ3) is 1.29. The molecule has 0 radical (unpaired) electrons. The molecule has 0 saturated heterocycles. The van der Waals surface area contributed by atoms with Crippen molar-refractivity contribution in [2.75, 3.05) is 6.61 Å². The van der Waals surface area contributed by atoms with Gasteiger partial charge < -0.3 is 4.74 Å². The summed E-state index contributed by atoms with van der Waals surface area (Å²) in [6.07, 6.45) is 3.31. The SMILES string of the molecule is CCOc1ccc2c(C#N)cnn2c1. The van der Waals surface area contributed by atoms with Crippen molar-refractivity contribution in [2.24, 2.45) is 0 Å². The Kier molecular flexibility index (Phi) is 2.07. The summed E-state index contributed by atoms with van der Waals surface area (Å²) in [4.78, 5) is 0. The summed E-state index contributed by atoms with van der Waals surface area (Å²) in [7, 11) is 0. The van der Waals surface area contributed by atoms with Crippen LogP contribution in [0.15, 0.2) is 24.5 Å². The number of rotatable bonds is 2. The van der Waals surface area contributed by atoms with E-state index in [1.165, 1.54) is 0 Å². The average Bonchev–Trinajstić information content (AvgIpc) is 2.60. The topological polar surface area (TPSA) is 50.3 Å². The Morgan fingerprint density at radius 3 is 3.14 bits per heavy atom. The molecule has 0 aromatic carbocycles. The number of hydrogen-bond donors (Lipinski definition) is 0. The molecule has 0 amide bonds. The van der Waals surface area contributed by atoms with Crippen molar-refractivity contribution in [1.82, 2.24) is 9.61 Å². The van der Waals surface area contributed by atoms with Crippen LogP contribution in [0.1, 0.15) is 12.5 Å². The van der Waals surface area contributed by atoms with Crippen molar-refractivity contribution in [1.29, 1.82) is 5.26 Å². The number of aromatic nitrogens is 2. The average molecular weight is 187 g/mol. The normalized spacial score (nSPS) is 10.0. The van der Waals surface area contributed by atoms with E-state index in [4.69, 9.17) is 10.00 Å². The number of ether oxygens (including phenoxy) is 1. The quantitative estimate of drug-likeness (QED) is 0.717. The van der Waals surface area contributed by atoms with Gasteiger partial charge in [-0.1, -0.05) is 0 Å². The van der Waals surface area contributed by atoms with E-state index < -0.39 is 0 Å². The van der Waals surface area contributed by atoms with Crippen molar-refractivity contribution in [3.63, 3.8) is 0 Å². The second-order valence-electron chi connectivity index (χ2n) is 2.80. The van der Waals surface area contributed by atoms with Crippen molar-refractivity contribution < 1.29 is 4.74 Å². The lowest BCUT2D eigenvalue weighted by Crippen LogP contribution is -1.94. The summed E-state index contributed by atoms with van der Waals surface area (Å²) in [5.41, 5.74) is 1.38. The molecule has 4 nitrogen and oxygen atoms in total. The predicted octanol–water partition coefficient (Wildman–Crippen LogP) is 1.60. The van der Waals surface area contributed by atoms with Gasteiger partial charge in [-0.25, -0.2) is 4.52 Å². The van der Waals surface area contributed by atoms with Gasteiger partial charge in [0.1, 0.15) is 11.8 Å². The van der Waals surface area contributed by atoms with Crippen molar-refractivity contribution in [3.05, 3.63) is 30.1 Å². The van der Waals surface area contributed by atoms with E-state index in [9.17, 15) is 0 Å². The molecule has 0 saturated carbocycles. The molecule has 0 aliphatic heterocycles. The van der Waals surface area contributed by atoms with Gasteiger partial charge in [0.2, 0.25) is 0 Å². The van der Waals surface area contributed by atoms with Gasteiger partial charge in [0.25, 0.3) is 0 Å². The Labute approximate surface area is 81.3 Å². The zero-order chi connectivity index (χ0) is 9.97. The third-order valence-electron chi connectivity index (χ3n) is 1.92. The highest BCUT2D eigenvalue weighted by Crippen LogP contribution is 2.15. The first kappa shape index (κ1) is 8.57. The van der Waals surface area contributed by atoms with Crippen LogP contribution in [0.3, 0.4) is 0 Å². The molecule has 0 aliphatic rings. The number of nitriles is 1.